The summed E-state index contributed by atoms with van der Waals surface area (Å²) in [6.07, 6.45) is 8.44. The molecule has 1 aliphatic heterocycles. The molecule has 0 radical (unpaired) electrons. The largest absolute Gasteiger partial charge is 0.347 e. The zero-order valence-corrected chi connectivity index (χ0v) is 27.3. The number of carbonyl (C=O) groups excluding carboxylic acids is 6. The van der Waals surface area contributed by atoms with E-state index in [1.165, 1.54) is 23.5 Å². The zero-order chi connectivity index (χ0) is 33.3. The van der Waals surface area contributed by atoms with Gasteiger partial charge < -0.3 is 26.2 Å². The maximum absolute atomic E-state index is 14.2. The van der Waals surface area contributed by atoms with Crippen molar-refractivity contribution in [2.45, 2.75) is 117 Å². The number of amides is 5. The summed E-state index contributed by atoms with van der Waals surface area (Å²) in [5.74, 6) is -4.11. The topological polar surface area (TPSA) is 180 Å². The number of ketones is 1. The molecule has 13 nitrogen and oxygen atoms in total. The summed E-state index contributed by atoms with van der Waals surface area (Å²) in [5.41, 5.74) is 0.0620. The second-order valence-electron chi connectivity index (χ2n) is 12.6. The smallest absolute Gasteiger partial charge is 0.289 e. The second-order valence-corrected chi connectivity index (χ2v) is 12.6. The van der Waals surface area contributed by atoms with E-state index in [0.717, 1.165) is 12.8 Å². The molecule has 2 unspecified atom stereocenters. The van der Waals surface area contributed by atoms with Gasteiger partial charge in [0, 0.05) is 25.0 Å². The molecule has 1 saturated carbocycles. The van der Waals surface area contributed by atoms with E-state index in [-0.39, 0.29) is 29.5 Å². The summed E-state index contributed by atoms with van der Waals surface area (Å²) in [6.45, 7) is 11.4. The van der Waals surface area contributed by atoms with Crippen LogP contribution in [-0.4, -0.2) is 86.9 Å². The molecule has 3 rings (SSSR count). The number of Topliss-reactive ketones (excluding diaryl/α,β-unsaturated/α-hetero) is 1. The number of aromatic nitrogens is 2. The van der Waals surface area contributed by atoms with Crippen molar-refractivity contribution in [1.29, 1.82) is 0 Å². The van der Waals surface area contributed by atoms with E-state index in [4.69, 9.17) is 0 Å². The van der Waals surface area contributed by atoms with Crippen LogP contribution >= 0.6 is 0 Å². The van der Waals surface area contributed by atoms with Crippen molar-refractivity contribution in [1.82, 2.24) is 36.1 Å². The number of nitrogens with one attached hydrogen (secondary N) is 4. The lowest BCUT2D eigenvalue weighted by molar-refractivity contribution is -0.145. The van der Waals surface area contributed by atoms with Crippen LogP contribution in [0.3, 0.4) is 0 Å². The Balaban J connectivity index is 1.79. The van der Waals surface area contributed by atoms with Gasteiger partial charge in [0.25, 0.3) is 11.8 Å². The first kappa shape index (κ1) is 35.6. The predicted molar refractivity (Wildman–Crippen MR) is 166 cm³/mol. The van der Waals surface area contributed by atoms with Gasteiger partial charge in [-0.15, -0.1) is 0 Å². The molecule has 2 heterocycles. The Morgan fingerprint density at radius 1 is 0.933 bits per heavy atom. The van der Waals surface area contributed by atoms with Gasteiger partial charge in [-0.1, -0.05) is 60.8 Å². The van der Waals surface area contributed by atoms with Crippen molar-refractivity contribution in [3.8, 4) is 0 Å². The van der Waals surface area contributed by atoms with Crippen LogP contribution in [0.2, 0.25) is 0 Å². The number of rotatable bonds is 16. The van der Waals surface area contributed by atoms with E-state index in [1.54, 1.807) is 13.8 Å². The highest BCUT2D eigenvalue weighted by Crippen LogP contribution is 2.29. The van der Waals surface area contributed by atoms with Gasteiger partial charge in [-0.3, -0.25) is 33.8 Å². The fraction of sp³-hybridized carbons (Fsp3) is 0.688. The Bertz CT molecular complexity index is 1220. The van der Waals surface area contributed by atoms with Gasteiger partial charge in [-0.2, -0.15) is 0 Å². The van der Waals surface area contributed by atoms with E-state index in [0.29, 0.717) is 38.6 Å². The molecule has 45 heavy (non-hydrogen) atoms. The van der Waals surface area contributed by atoms with Crippen molar-refractivity contribution >= 4 is 35.3 Å². The molecule has 1 aromatic heterocycles. The van der Waals surface area contributed by atoms with E-state index in [2.05, 4.69) is 31.2 Å². The Labute approximate surface area is 265 Å². The predicted octanol–water partition coefficient (Wildman–Crippen LogP) is 1.52. The lowest BCUT2D eigenvalue weighted by Gasteiger charge is -2.34. The Hall–Kier alpha value is -3.90. The van der Waals surface area contributed by atoms with E-state index >= 15 is 0 Å². The van der Waals surface area contributed by atoms with Crippen molar-refractivity contribution in [3.05, 3.63) is 24.3 Å². The molecule has 2 fully saturated rings. The van der Waals surface area contributed by atoms with Crippen molar-refractivity contribution in [2.75, 3.05) is 6.54 Å². The molecular weight excluding hydrogens is 578 g/mol. The molecule has 1 aliphatic carbocycles. The summed E-state index contributed by atoms with van der Waals surface area (Å²) in [4.78, 5) is 89.2. The minimum absolute atomic E-state index is 0.00942. The van der Waals surface area contributed by atoms with Crippen molar-refractivity contribution in [2.24, 2.45) is 17.8 Å². The molecule has 0 aromatic carbocycles. The van der Waals surface area contributed by atoms with Gasteiger partial charge in [0.1, 0.15) is 23.8 Å². The Morgan fingerprint density at radius 3 is 2.20 bits per heavy atom. The minimum atomic E-state index is -0.994. The molecule has 248 valence electrons. The van der Waals surface area contributed by atoms with Crippen LogP contribution in [0, 0.1) is 17.8 Å². The number of hydrogen-bond donors (Lipinski definition) is 4. The quantitative estimate of drug-likeness (QED) is 0.199. The number of carbonyl (C=O) groups is 6. The number of likely N-dealkylation sites (tertiary alicyclic amines) is 1. The number of hydrogen-bond acceptors (Lipinski definition) is 8. The first-order chi connectivity index (χ1) is 21.4. The van der Waals surface area contributed by atoms with E-state index < -0.39 is 59.5 Å². The van der Waals surface area contributed by atoms with Gasteiger partial charge in [-0.25, -0.2) is 4.98 Å². The monoisotopic (exact) mass is 627 g/mol. The van der Waals surface area contributed by atoms with Crippen LogP contribution in [-0.2, 0) is 24.0 Å². The summed E-state index contributed by atoms with van der Waals surface area (Å²) in [5, 5.41) is 11.1. The van der Waals surface area contributed by atoms with E-state index in [1.807, 2.05) is 27.7 Å². The minimum Gasteiger partial charge on any atom is -0.347 e. The van der Waals surface area contributed by atoms with Crippen LogP contribution in [0.25, 0.3) is 0 Å². The average Bonchev–Trinajstić information content (AvgIpc) is 3.74. The van der Waals surface area contributed by atoms with Gasteiger partial charge >= 0.3 is 0 Å². The molecule has 0 spiro atoms. The Kier molecular flexibility index (Phi) is 13.0. The molecule has 13 heteroatoms. The van der Waals surface area contributed by atoms with Gasteiger partial charge in [0.2, 0.25) is 23.5 Å². The third-order valence-electron chi connectivity index (χ3n) is 8.75. The Morgan fingerprint density at radius 2 is 1.64 bits per heavy atom. The molecule has 0 bridgehead atoms. The molecule has 2 aliphatic rings. The highest BCUT2D eigenvalue weighted by molar-refractivity contribution is 6.38. The highest BCUT2D eigenvalue weighted by atomic mass is 16.2. The second kappa shape index (κ2) is 16.4. The molecule has 5 amide bonds. The molecule has 1 saturated heterocycles. The van der Waals surface area contributed by atoms with Crippen LogP contribution in [0.15, 0.2) is 18.6 Å². The number of nitrogens with zero attached hydrogens (tertiary/aromatic N) is 3. The molecule has 4 N–H and O–H groups in total. The van der Waals surface area contributed by atoms with Gasteiger partial charge in [0.05, 0.1) is 12.2 Å². The maximum atomic E-state index is 14.2. The summed E-state index contributed by atoms with van der Waals surface area (Å²) in [6, 6.07) is -3.76. The van der Waals surface area contributed by atoms with Crippen LogP contribution in [0.4, 0.5) is 0 Å². The fourth-order valence-electron chi connectivity index (χ4n) is 5.61. The molecular formula is C32H49N7O6. The third-order valence-corrected chi connectivity index (χ3v) is 8.75. The summed E-state index contributed by atoms with van der Waals surface area (Å²) < 4.78 is 0. The third kappa shape index (κ3) is 9.30. The lowest BCUT2D eigenvalue weighted by atomic mass is 9.93. The molecule has 1 aromatic rings. The normalized spacial score (nSPS) is 20.5. The van der Waals surface area contributed by atoms with Crippen LogP contribution < -0.4 is 21.3 Å². The maximum Gasteiger partial charge on any atom is 0.289 e. The summed E-state index contributed by atoms with van der Waals surface area (Å²) >= 11 is 0. The first-order valence-electron chi connectivity index (χ1n) is 16.3. The fourth-order valence-corrected chi connectivity index (χ4v) is 5.61. The SMILES string of the molecule is CCCC(NC(=O)[C@@H]1[C@@H](CC)CCN1C(=O)[C@@H](NC(=O)[C@@H](NC(=O)c1cnccn1)C(C)C)C(C)CC)C(=O)C(=O)NC1CC1. The van der Waals surface area contributed by atoms with Crippen molar-refractivity contribution < 1.29 is 28.8 Å². The van der Waals surface area contributed by atoms with Gasteiger partial charge in [-0.05, 0) is 43.4 Å². The highest BCUT2D eigenvalue weighted by Gasteiger charge is 2.45. The van der Waals surface area contributed by atoms with Gasteiger partial charge in [0.15, 0.2) is 0 Å². The molecule has 6 atom stereocenters. The first-order valence-corrected chi connectivity index (χ1v) is 16.3. The lowest BCUT2D eigenvalue weighted by Crippen LogP contribution is -2.60. The summed E-state index contributed by atoms with van der Waals surface area (Å²) in [7, 11) is 0. The zero-order valence-electron chi connectivity index (χ0n) is 27.3. The van der Waals surface area contributed by atoms with E-state index in [9.17, 15) is 28.8 Å². The van der Waals surface area contributed by atoms with Crippen LogP contribution in [0.5, 0.6) is 0 Å². The standard InChI is InChI=1S/C32H49N7O6/c1-7-10-22(27(40)31(44)35-21-11-12-21)36-30(43)26-20(9-3)13-16-39(26)32(45)25(19(6)8-2)38-29(42)24(18(4)5)37-28(41)23-17-33-14-15-34-23/h14-15,17-22,24-26H,7-13,16H2,1-6H3,(H,35,44)(H,36,43)(H,37,41)(H,38,42)/t19?,20-,22?,24-,25-,26-/m0/s1. The van der Waals surface area contributed by atoms with Crippen LogP contribution in [0.1, 0.15) is 97.0 Å². The van der Waals surface area contributed by atoms with Crippen molar-refractivity contribution in [3.63, 3.8) is 0 Å². The average molecular weight is 628 g/mol.